The topological polar surface area (TPSA) is 71.1 Å². The van der Waals surface area contributed by atoms with E-state index in [0.29, 0.717) is 40.9 Å². The first kappa shape index (κ1) is 16.6. The molecule has 0 bridgehead atoms. The molecule has 5 nitrogen and oxygen atoms in total. The van der Waals surface area contributed by atoms with Gasteiger partial charge in [0.05, 0.1) is 11.1 Å². The second-order valence-corrected chi connectivity index (χ2v) is 6.17. The van der Waals surface area contributed by atoms with Crippen molar-refractivity contribution in [3.05, 3.63) is 41.3 Å². The quantitative estimate of drug-likeness (QED) is 0.893. The fraction of sp³-hybridized carbons (Fsp3) is 0.353. The van der Waals surface area contributed by atoms with Crippen LogP contribution in [0.25, 0.3) is 10.9 Å². The summed E-state index contributed by atoms with van der Waals surface area (Å²) >= 11 is 0. The number of carbonyl (C=O) groups excluding carboxylic acids is 2. The lowest BCUT2D eigenvalue weighted by molar-refractivity contribution is -0.120. The van der Waals surface area contributed by atoms with E-state index >= 15 is 0 Å². The average Bonchev–Trinajstić information content (AvgIpc) is 3.30. The van der Waals surface area contributed by atoms with Gasteiger partial charge in [0, 0.05) is 18.1 Å². The van der Waals surface area contributed by atoms with Crippen molar-refractivity contribution in [1.82, 2.24) is 15.6 Å². The second-order valence-electron chi connectivity index (χ2n) is 6.17. The Bertz CT molecular complexity index is 823. The second kappa shape index (κ2) is 6.36. The lowest BCUT2D eigenvalue weighted by Crippen LogP contribution is -2.40. The summed E-state index contributed by atoms with van der Waals surface area (Å²) in [5.74, 6) is -0.472. The summed E-state index contributed by atoms with van der Waals surface area (Å²) in [6, 6.07) is 4.32. The summed E-state index contributed by atoms with van der Waals surface area (Å²) in [5.41, 5.74) is 1.73. The molecule has 0 spiro atoms. The summed E-state index contributed by atoms with van der Waals surface area (Å²) in [6.45, 7) is 0.564. The molecule has 2 amide bonds. The number of hydrogen-bond acceptors (Lipinski definition) is 3. The third-order valence-corrected chi connectivity index (χ3v) is 4.43. The van der Waals surface area contributed by atoms with Gasteiger partial charge in [0.2, 0.25) is 5.91 Å². The number of nitrogens with zero attached hydrogens (tertiary/aromatic N) is 1. The molecule has 1 aliphatic carbocycles. The van der Waals surface area contributed by atoms with Crippen molar-refractivity contribution in [2.75, 3.05) is 6.54 Å². The molecule has 24 heavy (non-hydrogen) atoms. The molecule has 2 aromatic rings. The number of amides is 2. The zero-order valence-corrected chi connectivity index (χ0v) is 13.7. The van der Waals surface area contributed by atoms with E-state index in [0.717, 1.165) is 12.8 Å². The molecule has 126 valence electrons. The first-order chi connectivity index (χ1) is 11.1. The molecule has 2 N–H and O–H groups in total. The van der Waals surface area contributed by atoms with Crippen LogP contribution in [0, 0.1) is 5.82 Å². The smallest absolute Gasteiger partial charge is 0.253 e. The van der Waals surface area contributed by atoms with Gasteiger partial charge in [0.25, 0.3) is 5.91 Å². The van der Waals surface area contributed by atoms with E-state index in [4.69, 9.17) is 0 Å². The molecule has 2 fully saturated rings. The fourth-order valence-corrected chi connectivity index (χ4v) is 2.97. The van der Waals surface area contributed by atoms with Gasteiger partial charge in [-0.05, 0) is 48.9 Å². The molecule has 1 aliphatic heterocycles. The van der Waals surface area contributed by atoms with Crippen molar-refractivity contribution in [2.45, 2.75) is 31.2 Å². The van der Waals surface area contributed by atoms with Crippen molar-refractivity contribution < 1.29 is 14.0 Å². The molecule has 4 rings (SSSR count). The Morgan fingerprint density at radius 3 is 2.71 bits per heavy atom. The van der Waals surface area contributed by atoms with Crippen LogP contribution in [-0.4, -0.2) is 29.4 Å². The van der Waals surface area contributed by atoms with Crippen molar-refractivity contribution in [2.24, 2.45) is 0 Å². The zero-order chi connectivity index (χ0) is 16.0. The van der Waals surface area contributed by atoms with Crippen LogP contribution in [0.15, 0.2) is 24.4 Å². The van der Waals surface area contributed by atoms with Gasteiger partial charge in [-0.25, -0.2) is 4.39 Å². The number of nitrogens with one attached hydrogen (secondary N) is 2. The van der Waals surface area contributed by atoms with Gasteiger partial charge in [-0.15, -0.1) is 12.4 Å². The Balaban J connectivity index is 0.00000169. The van der Waals surface area contributed by atoms with E-state index in [-0.39, 0.29) is 30.0 Å². The first-order valence-electron chi connectivity index (χ1n) is 7.79. The Morgan fingerprint density at radius 1 is 1.25 bits per heavy atom. The monoisotopic (exact) mass is 349 g/mol. The van der Waals surface area contributed by atoms with E-state index in [2.05, 4.69) is 15.6 Å². The van der Waals surface area contributed by atoms with Crippen molar-refractivity contribution in [3.8, 4) is 0 Å². The summed E-state index contributed by atoms with van der Waals surface area (Å²) in [7, 11) is 0. The Labute approximate surface area is 144 Å². The zero-order valence-electron chi connectivity index (χ0n) is 12.8. The molecule has 1 atom stereocenters. The van der Waals surface area contributed by atoms with E-state index in [1.54, 1.807) is 12.1 Å². The maximum Gasteiger partial charge on any atom is 0.253 e. The van der Waals surface area contributed by atoms with Crippen LogP contribution in [0.5, 0.6) is 0 Å². The summed E-state index contributed by atoms with van der Waals surface area (Å²) in [6.07, 6.45) is 4.09. The Kier molecular flexibility index (Phi) is 4.41. The maximum atomic E-state index is 14.1. The van der Waals surface area contributed by atoms with Crippen LogP contribution in [0.1, 0.15) is 41.1 Å². The van der Waals surface area contributed by atoms with Crippen molar-refractivity contribution in [3.63, 3.8) is 0 Å². The molecule has 0 radical (unpaired) electrons. The van der Waals surface area contributed by atoms with E-state index < -0.39 is 6.04 Å². The predicted molar refractivity (Wildman–Crippen MR) is 89.8 cm³/mol. The SMILES string of the molecule is Cl.O=C(N[C@H]1CCNC1=O)c1cnc2cc(C3CC3)c(F)cc2c1. The highest BCUT2D eigenvalue weighted by Gasteiger charge is 2.28. The molecular formula is C17H17ClFN3O2. The molecule has 2 aliphatic rings. The van der Waals surface area contributed by atoms with Gasteiger partial charge in [0.15, 0.2) is 0 Å². The number of aromatic nitrogens is 1. The highest BCUT2D eigenvalue weighted by Crippen LogP contribution is 2.42. The van der Waals surface area contributed by atoms with Gasteiger partial charge in [-0.3, -0.25) is 14.6 Å². The number of rotatable bonds is 3. The van der Waals surface area contributed by atoms with E-state index in [9.17, 15) is 14.0 Å². The molecule has 2 heterocycles. The van der Waals surface area contributed by atoms with Crippen LogP contribution in [0.2, 0.25) is 0 Å². The molecule has 7 heteroatoms. The lowest BCUT2D eigenvalue weighted by atomic mass is 10.1. The Morgan fingerprint density at radius 2 is 2.04 bits per heavy atom. The van der Waals surface area contributed by atoms with E-state index in [1.807, 2.05) is 0 Å². The van der Waals surface area contributed by atoms with Crippen LogP contribution in [0.3, 0.4) is 0 Å². The van der Waals surface area contributed by atoms with Crippen LogP contribution in [0.4, 0.5) is 4.39 Å². The third kappa shape index (κ3) is 3.06. The molecule has 1 saturated heterocycles. The van der Waals surface area contributed by atoms with Crippen LogP contribution < -0.4 is 10.6 Å². The summed E-state index contributed by atoms with van der Waals surface area (Å²) < 4.78 is 14.1. The van der Waals surface area contributed by atoms with Gasteiger partial charge < -0.3 is 10.6 Å². The van der Waals surface area contributed by atoms with Gasteiger partial charge >= 0.3 is 0 Å². The van der Waals surface area contributed by atoms with Crippen molar-refractivity contribution in [1.29, 1.82) is 0 Å². The molecular weight excluding hydrogens is 333 g/mol. The maximum absolute atomic E-state index is 14.1. The Hall–Kier alpha value is -2.21. The standard InChI is InChI=1S/C17H16FN3O2.ClH/c18-13-6-10-5-11(16(22)21-14-3-4-19-17(14)23)8-20-15(10)7-12(13)9-1-2-9;/h5-9,14H,1-4H2,(H,19,23)(H,21,22);1H/t14-;/m0./s1. The molecule has 1 aromatic heterocycles. The normalized spacial score (nSPS) is 19.7. The minimum atomic E-state index is -0.507. The average molecular weight is 350 g/mol. The summed E-state index contributed by atoms with van der Waals surface area (Å²) in [4.78, 5) is 28.0. The highest BCUT2D eigenvalue weighted by atomic mass is 35.5. The van der Waals surface area contributed by atoms with Gasteiger partial charge in [0.1, 0.15) is 11.9 Å². The minimum absolute atomic E-state index is 0. The van der Waals surface area contributed by atoms with Gasteiger partial charge in [-0.1, -0.05) is 0 Å². The first-order valence-corrected chi connectivity index (χ1v) is 7.79. The predicted octanol–water partition coefficient (Wildman–Crippen LogP) is 2.29. The number of halogens is 2. The third-order valence-electron chi connectivity index (χ3n) is 4.43. The number of hydrogen-bond donors (Lipinski definition) is 2. The van der Waals surface area contributed by atoms with Crippen LogP contribution in [-0.2, 0) is 4.79 Å². The van der Waals surface area contributed by atoms with Crippen LogP contribution >= 0.6 is 12.4 Å². The molecule has 0 unspecified atom stereocenters. The van der Waals surface area contributed by atoms with Crippen molar-refractivity contribution >= 4 is 35.1 Å². The number of benzene rings is 1. The number of pyridine rings is 1. The lowest BCUT2D eigenvalue weighted by Gasteiger charge is -2.10. The van der Waals surface area contributed by atoms with Gasteiger partial charge in [-0.2, -0.15) is 0 Å². The number of fused-ring (bicyclic) bond motifs is 1. The summed E-state index contributed by atoms with van der Waals surface area (Å²) in [5, 5.41) is 5.94. The van der Waals surface area contributed by atoms with E-state index in [1.165, 1.54) is 12.3 Å². The minimum Gasteiger partial charge on any atom is -0.354 e. The fourth-order valence-electron chi connectivity index (χ4n) is 2.97. The largest absolute Gasteiger partial charge is 0.354 e. The number of carbonyl (C=O) groups is 2. The molecule has 1 saturated carbocycles. The molecule has 1 aromatic carbocycles. The highest BCUT2D eigenvalue weighted by molar-refractivity contribution is 6.00.